The molecule has 0 aromatic heterocycles. The summed E-state index contributed by atoms with van der Waals surface area (Å²) in [7, 11) is 0. The van der Waals surface area contributed by atoms with Gasteiger partial charge in [-0.15, -0.1) is 0 Å². The lowest BCUT2D eigenvalue weighted by molar-refractivity contribution is -0.133. The second kappa shape index (κ2) is 4.70. The van der Waals surface area contributed by atoms with Crippen LogP contribution in [-0.4, -0.2) is 60.0 Å². The standard InChI is InChI=1S/C16H27N3O/c1-10(2)19-7-12-5-6-18(8-13(12)9-19)16(20)15-14(17-15)11-3-4-11/h10-15,17H,3-9H2,1-2H3/t12?,13?,14-,15+/m0/s1. The first-order chi connectivity index (χ1) is 9.63. The molecule has 0 aromatic carbocycles. The van der Waals surface area contributed by atoms with Crippen molar-refractivity contribution in [2.75, 3.05) is 26.2 Å². The molecule has 0 spiro atoms. The van der Waals surface area contributed by atoms with Crippen molar-refractivity contribution >= 4 is 5.91 Å². The Kier molecular flexibility index (Phi) is 3.08. The average molecular weight is 277 g/mol. The molecule has 0 radical (unpaired) electrons. The minimum Gasteiger partial charge on any atom is -0.341 e. The normalized spacial score (nSPS) is 41.0. The van der Waals surface area contributed by atoms with E-state index in [0.29, 0.717) is 23.9 Å². The summed E-state index contributed by atoms with van der Waals surface area (Å²) in [6, 6.07) is 1.34. The lowest BCUT2D eigenvalue weighted by Crippen LogP contribution is -2.46. The van der Waals surface area contributed by atoms with Gasteiger partial charge in [0.05, 0.1) is 0 Å². The predicted octanol–water partition coefficient (Wildman–Crippen LogP) is 0.926. The van der Waals surface area contributed by atoms with Gasteiger partial charge in [0, 0.05) is 38.3 Å². The summed E-state index contributed by atoms with van der Waals surface area (Å²) in [4.78, 5) is 17.3. The number of piperidine rings is 1. The van der Waals surface area contributed by atoms with Crippen LogP contribution in [0.5, 0.6) is 0 Å². The third-order valence-electron chi connectivity index (χ3n) is 5.89. The number of hydrogen-bond donors (Lipinski definition) is 1. The van der Waals surface area contributed by atoms with Crippen LogP contribution in [0, 0.1) is 17.8 Å². The molecular formula is C16H27N3O. The van der Waals surface area contributed by atoms with E-state index in [1.807, 2.05) is 0 Å². The minimum atomic E-state index is 0.168. The van der Waals surface area contributed by atoms with Crippen LogP contribution in [0.2, 0.25) is 0 Å². The molecule has 2 unspecified atom stereocenters. The Morgan fingerprint density at radius 1 is 1.05 bits per heavy atom. The zero-order chi connectivity index (χ0) is 13.9. The molecule has 4 aliphatic rings. The van der Waals surface area contributed by atoms with Crippen molar-refractivity contribution in [3.63, 3.8) is 0 Å². The van der Waals surface area contributed by atoms with Crippen LogP contribution in [0.1, 0.15) is 33.1 Å². The molecule has 1 aliphatic carbocycles. The lowest BCUT2D eigenvalue weighted by Gasteiger charge is -2.34. The molecule has 4 rings (SSSR count). The monoisotopic (exact) mass is 277 g/mol. The van der Waals surface area contributed by atoms with E-state index in [9.17, 15) is 4.79 Å². The smallest absolute Gasteiger partial charge is 0.241 e. The number of fused-ring (bicyclic) bond motifs is 1. The van der Waals surface area contributed by atoms with Gasteiger partial charge in [0.25, 0.3) is 0 Å². The fourth-order valence-corrected chi connectivity index (χ4v) is 4.26. The zero-order valence-corrected chi connectivity index (χ0v) is 12.7. The van der Waals surface area contributed by atoms with E-state index in [2.05, 4.69) is 29.0 Å². The fraction of sp³-hybridized carbons (Fsp3) is 0.938. The second-order valence-electron chi connectivity index (χ2n) is 7.65. The molecule has 0 bridgehead atoms. The molecule has 112 valence electrons. The minimum absolute atomic E-state index is 0.168. The van der Waals surface area contributed by atoms with Gasteiger partial charge >= 0.3 is 0 Å². The predicted molar refractivity (Wildman–Crippen MR) is 78.3 cm³/mol. The van der Waals surface area contributed by atoms with Crippen LogP contribution in [0.25, 0.3) is 0 Å². The topological polar surface area (TPSA) is 45.5 Å². The van der Waals surface area contributed by atoms with Crippen LogP contribution in [0.4, 0.5) is 0 Å². The van der Waals surface area contributed by atoms with Crippen molar-refractivity contribution in [3.8, 4) is 0 Å². The quantitative estimate of drug-likeness (QED) is 0.781. The molecule has 4 fully saturated rings. The van der Waals surface area contributed by atoms with Gasteiger partial charge in [0.2, 0.25) is 5.91 Å². The summed E-state index contributed by atoms with van der Waals surface area (Å²) in [5.74, 6) is 2.74. The van der Waals surface area contributed by atoms with Gasteiger partial charge in [-0.25, -0.2) is 0 Å². The second-order valence-corrected chi connectivity index (χ2v) is 7.65. The van der Waals surface area contributed by atoms with E-state index in [1.165, 1.54) is 32.4 Å². The molecule has 3 saturated heterocycles. The third-order valence-corrected chi connectivity index (χ3v) is 5.89. The molecule has 1 N–H and O–H groups in total. The SMILES string of the molecule is CC(C)N1CC2CCN(C(=O)[C@@H]3N[C@H]3C3CC3)CC2C1. The number of hydrogen-bond acceptors (Lipinski definition) is 3. The maximum Gasteiger partial charge on any atom is 0.241 e. The first-order valence-electron chi connectivity index (χ1n) is 8.42. The molecule has 4 nitrogen and oxygen atoms in total. The average Bonchev–Trinajstić information content (AvgIpc) is 3.30. The van der Waals surface area contributed by atoms with E-state index < -0.39 is 0 Å². The molecule has 0 aromatic rings. The van der Waals surface area contributed by atoms with Crippen LogP contribution >= 0.6 is 0 Å². The van der Waals surface area contributed by atoms with Crippen LogP contribution < -0.4 is 5.32 Å². The molecule has 3 aliphatic heterocycles. The van der Waals surface area contributed by atoms with E-state index in [0.717, 1.165) is 24.9 Å². The molecule has 3 heterocycles. The van der Waals surface area contributed by atoms with E-state index in [1.54, 1.807) is 0 Å². The summed E-state index contributed by atoms with van der Waals surface area (Å²) in [6.07, 6.45) is 3.87. The van der Waals surface area contributed by atoms with Crippen molar-refractivity contribution in [2.45, 2.75) is 51.2 Å². The third kappa shape index (κ3) is 2.27. The van der Waals surface area contributed by atoms with E-state index in [-0.39, 0.29) is 6.04 Å². The number of nitrogens with one attached hydrogen (secondary N) is 1. The lowest BCUT2D eigenvalue weighted by atomic mass is 9.88. The van der Waals surface area contributed by atoms with Crippen molar-refractivity contribution < 1.29 is 4.79 Å². The molecule has 1 saturated carbocycles. The Bertz CT molecular complexity index is 407. The fourth-order valence-electron chi connectivity index (χ4n) is 4.26. The van der Waals surface area contributed by atoms with Gasteiger partial charge in [0.15, 0.2) is 0 Å². The number of amides is 1. The van der Waals surface area contributed by atoms with Crippen LogP contribution in [0.3, 0.4) is 0 Å². The summed E-state index contributed by atoms with van der Waals surface area (Å²) in [5.41, 5.74) is 0. The Labute approximate surface area is 121 Å². The van der Waals surface area contributed by atoms with Crippen molar-refractivity contribution in [1.29, 1.82) is 0 Å². The van der Waals surface area contributed by atoms with Gasteiger partial charge < -0.3 is 9.80 Å². The van der Waals surface area contributed by atoms with E-state index in [4.69, 9.17) is 0 Å². The number of carbonyl (C=O) groups is 1. The van der Waals surface area contributed by atoms with Crippen molar-refractivity contribution in [2.24, 2.45) is 17.8 Å². The van der Waals surface area contributed by atoms with Crippen molar-refractivity contribution in [3.05, 3.63) is 0 Å². The highest BCUT2D eigenvalue weighted by molar-refractivity contribution is 5.86. The molecule has 4 atom stereocenters. The molecule has 1 amide bonds. The maximum absolute atomic E-state index is 12.6. The summed E-state index contributed by atoms with van der Waals surface area (Å²) < 4.78 is 0. The summed E-state index contributed by atoms with van der Waals surface area (Å²) >= 11 is 0. The first kappa shape index (κ1) is 13.1. The highest BCUT2D eigenvalue weighted by Crippen LogP contribution is 2.40. The Morgan fingerprint density at radius 2 is 1.80 bits per heavy atom. The molecular weight excluding hydrogens is 250 g/mol. The van der Waals surface area contributed by atoms with Gasteiger partial charge in [-0.3, -0.25) is 10.1 Å². The Morgan fingerprint density at radius 3 is 2.50 bits per heavy atom. The van der Waals surface area contributed by atoms with Gasteiger partial charge in [-0.05, 0) is 50.9 Å². The maximum atomic E-state index is 12.6. The molecule has 4 heteroatoms. The Balaban J connectivity index is 1.34. The van der Waals surface area contributed by atoms with Gasteiger partial charge in [-0.2, -0.15) is 0 Å². The molecule has 20 heavy (non-hydrogen) atoms. The largest absolute Gasteiger partial charge is 0.341 e. The van der Waals surface area contributed by atoms with Gasteiger partial charge in [0.1, 0.15) is 6.04 Å². The van der Waals surface area contributed by atoms with Crippen molar-refractivity contribution in [1.82, 2.24) is 15.1 Å². The van der Waals surface area contributed by atoms with E-state index >= 15 is 0 Å². The first-order valence-corrected chi connectivity index (χ1v) is 8.42. The highest BCUT2D eigenvalue weighted by atomic mass is 16.2. The van der Waals surface area contributed by atoms with Crippen LogP contribution in [0.15, 0.2) is 0 Å². The van der Waals surface area contributed by atoms with Gasteiger partial charge in [-0.1, -0.05) is 0 Å². The number of rotatable bonds is 3. The zero-order valence-electron chi connectivity index (χ0n) is 12.7. The highest BCUT2D eigenvalue weighted by Gasteiger charge is 2.52. The number of carbonyl (C=O) groups excluding carboxylic acids is 1. The Hall–Kier alpha value is -0.610. The van der Waals surface area contributed by atoms with Crippen LogP contribution in [-0.2, 0) is 4.79 Å². The summed E-state index contributed by atoms with van der Waals surface area (Å²) in [5, 5.41) is 3.41. The number of nitrogens with zero attached hydrogens (tertiary/aromatic N) is 2. The summed E-state index contributed by atoms with van der Waals surface area (Å²) in [6.45, 7) is 9.00. The number of likely N-dealkylation sites (tertiary alicyclic amines) is 2.